The summed E-state index contributed by atoms with van der Waals surface area (Å²) in [6.45, 7) is 3.76. The predicted molar refractivity (Wildman–Crippen MR) is 65.3 cm³/mol. The van der Waals surface area contributed by atoms with Crippen molar-refractivity contribution in [2.45, 2.75) is 19.8 Å². The third kappa shape index (κ3) is 3.56. The molecule has 0 aromatic heterocycles. The predicted octanol–water partition coefficient (Wildman–Crippen LogP) is 1.96. The van der Waals surface area contributed by atoms with Crippen molar-refractivity contribution in [1.29, 1.82) is 5.26 Å². The van der Waals surface area contributed by atoms with E-state index in [2.05, 4.69) is 24.0 Å². The zero-order chi connectivity index (χ0) is 11.8. The molecule has 1 aromatic carbocycles. The van der Waals surface area contributed by atoms with Crippen LogP contribution in [0.1, 0.15) is 18.9 Å². The van der Waals surface area contributed by atoms with Gasteiger partial charge in [-0.1, -0.05) is 12.1 Å². The highest BCUT2D eigenvalue weighted by atomic mass is 16.3. The van der Waals surface area contributed by atoms with Gasteiger partial charge in [0, 0.05) is 25.2 Å². The van der Waals surface area contributed by atoms with Crippen molar-refractivity contribution in [3.8, 4) is 6.07 Å². The molecule has 0 atom stereocenters. The molecule has 3 heteroatoms. The number of benzene rings is 1. The second kappa shape index (κ2) is 6.86. The largest absolute Gasteiger partial charge is 0.395 e. The van der Waals surface area contributed by atoms with Gasteiger partial charge in [-0.15, -0.1) is 0 Å². The highest BCUT2D eigenvalue weighted by molar-refractivity contribution is 5.48. The number of aliphatic hydroxyl groups is 1. The van der Waals surface area contributed by atoms with E-state index in [0.29, 0.717) is 13.0 Å². The monoisotopic (exact) mass is 218 g/mol. The van der Waals surface area contributed by atoms with Crippen molar-refractivity contribution < 1.29 is 5.11 Å². The number of likely N-dealkylation sites (N-methyl/N-ethyl adjacent to an activating group) is 1. The number of aliphatic hydroxyl groups excluding tert-OH is 1. The van der Waals surface area contributed by atoms with Gasteiger partial charge in [-0.05, 0) is 31.0 Å². The highest BCUT2D eigenvalue weighted by Crippen LogP contribution is 2.16. The zero-order valence-electron chi connectivity index (χ0n) is 9.69. The van der Waals surface area contributed by atoms with Crippen molar-refractivity contribution >= 4 is 5.69 Å². The van der Waals surface area contributed by atoms with E-state index in [0.717, 1.165) is 18.7 Å². The molecule has 0 fully saturated rings. The average molecular weight is 218 g/mol. The van der Waals surface area contributed by atoms with Gasteiger partial charge in [0.25, 0.3) is 0 Å². The lowest BCUT2D eigenvalue weighted by atomic mass is 10.1. The molecule has 1 rings (SSSR count). The van der Waals surface area contributed by atoms with Gasteiger partial charge in [0.15, 0.2) is 0 Å². The van der Waals surface area contributed by atoms with Crippen molar-refractivity contribution in [2.24, 2.45) is 0 Å². The van der Waals surface area contributed by atoms with E-state index in [9.17, 15) is 0 Å². The molecule has 0 aliphatic heterocycles. The van der Waals surface area contributed by atoms with Gasteiger partial charge in [0.2, 0.25) is 0 Å². The topological polar surface area (TPSA) is 47.3 Å². The minimum atomic E-state index is 0.163. The molecule has 0 unspecified atom stereocenters. The Morgan fingerprint density at radius 3 is 2.88 bits per heavy atom. The van der Waals surface area contributed by atoms with Gasteiger partial charge in [0.1, 0.15) is 0 Å². The van der Waals surface area contributed by atoms with Crippen molar-refractivity contribution in [3.63, 3.8) is 0 Å². The van der Waals surface area contributed by atoms with Crippen molar-refractivity contribution in [3.05, 3.63) is 29.8 Å². The molecule has 0 saturated heterocycles. The summed E-state index contributed by atoms with van der Waals surface area (Å²) in [7, 11) is 0. The summed E-state index contributed by atoms with van der Waals surface area (Å²) in [4.78, 5) is 2.12. The molecular formula is C13H18N2O. The Hall–Kier alpha value is -1.53. The summed E-state index contributed by atoms with van der Waals surface area (Å²) < 4.78 is 0. The number of aryl methyl sites for hydroxylation is 1. The maximum Gasteiger partial charge on any atom is 0.0625 e. The molecular weight excluding hydrogens is 200 g/mol. The van der Waals surface area contributed by atoms with Gasteiger partial charge >= 0.3 is 0 Å². The Morgan fingerprint density at radius 1 is 1.44 bits per heavy atom. The molecule has 0 radical (unpaired) electrons. The fourth-order valence-corrected chi connectivity index (χ4v) is 1.70. The molecule has 0 amide bonds. The van der Waals surface area contributed by atoms with E-state index in [1.165, 1.54) is 5.56 Å². The Kier molecular flexibility index (Phi) is 5.38. The van der Waals surface area contributed by atoms with E-state index < -0.39 is 0 Å². The molecule has 1 aromatic rings. The van der Waals surface area contributed by atoms with Gasteiger partial charge in [-0.25, -0.2) is 0 Å². The van der Waals surface area contributed by atoms with Gasteiger partial charge in [-0.2, -0.15) is 5.26 Å². The van der Waals surface area contributed by atoms with Crippen LogP contribution in [0.3, 0.4) is 0 Å². The first-order valence-corrected chi connectivity index (χ1v) is 5.63. The number of nitriles is 1. The quantitative estimate of drug-likeness (QED) is 0.794. The van der Waals surface area contributed by atoms with Crippen LogP contribution in [0.4, 0.5) is 5.69 Å². The van der Waals surface area contributed by atoms with Crippen LogP contribution in [0, 0.1) is 11.3 Å². The molecule has 0 bridgehead atoms. The summed E-state index contributed by atoms with van der Waals surface area (Å²) >= 11 is 0. The number of hydrogen-bond acceptors (Lipinski definition) is 3. The molecule has 3 nitrogen and oxygen atoms in total. The molecule has 0 spiro atoms. The normalized spacial score (nSPS) is 9.81. The maximum absolute atomic E-state index is 8.96. The zero-order valence-corrected chi connectivity index (χ0v) is 9.69. The SMILES string of the molecule is CCN(CCO)c1cccc(CCC#N)c1. The second-order valence-corrected chi connectivity index (χ2v) is 3.63. The average Bonchev–Trinajstić information content (AvgIpc) is 2.33. The maximum atomic E-state index is 8.96. The van der Waals surface area contributed by atoms with Crippen LogP contribution >= 0.6 is 0 Å². The summed E-state index contributed by atoms with van der Waals surface area (Å²) in [5.74, 6) is 0. The fraction of sp³-hybridized carbons (Fsp3) is 0.462. The molecule has 0 saturated carbocycles. The lowest BCUT2D eigenvalue weighted by Gasteiger charge is -2.22. The molecule has 16 heavy (non-hydrogen) atoms. The van der Waals surface area contributed by atoms with Crippen LogP contribution in [0.25, 0.3) is 0 Å². The summed E-state index contributed by atoms with van der Waals surface area (Å²) in [6.07, 6.45) is 1.34. The number of rotatable bonds is 6. The first-order valence-electron chi connectivity index (χ1n) is 5.63. The van der Waals surface area contributed by atoms with Gasteiger partial charge < -0.3 is 10.0 Å². The first-order chi connectivity index (χ1) is 7.81. The van der Waals surface area contributed by atoms with Crippen LogP contribution in [-0.4, -0.2) is 24.8 Å². The molecule has 0 aliphatic rings. The Morgan fingerprint density at radius 2 is 2.25 bits per heavy atom. The van der Waals surface area contributed by atoms with Gasteiger partial charge in [0.05, 0.1) is 12.7 Å². The fourth-order valence-electron chi connectivity index (χ4n) is 1.70. The smallest absolute Gasteiger partial charge is 0.0625 e. The van der Waals surface area contributed by atoms with Crippen LogP contribution in [0.2, 0.25) is 0 Å². The lowest BCUT2D eigenvalue weighted by Crippen LogP contribution is -2.26. The Labute approximate surface area is 96.9 Å². The van der Waals surface area contributed by atoms with E-state index in [1.54, 1.807) is 0 Å². The minimum Gasteiger partial charge on any atom is -0.395 e. The van der Waals surface area contributed by atoms with E-state index in [-0.39, 0.29) is 6.61 Å². The van der Waals surface area contributed by atoms with Gasteiger partial charge in [-0.3, -0.25) is 0 Å². The van der Waals surface area contributed by atoms with Crippen molar-refractivity contribution in [2.75, 3.05) is 24.6 Å². The summed E-state index contributed by atoms with van der Waals surface area (Å²) in [5.41, 5.74) is 2.29. The molecule has 0 heterocycles. The third-order valence-electron chi connectivity index (χ3n) is 2.55. The van der Waals surface area contributed by atoms with Crippen molar-refractivity contribution in [1.82, 2.24) is 0 Å². The van der Waals surface area contributed by atoms with E-state index in [1.807, 2.05) is 18.2 Å². The first kappa shape index (κ1) is 12.5. The Bertz CT molecular complexity index is 357. The third-order valence-corrected chi connectivity index (χ3v) is 2.55. The molecule has 1 N–H and O–H groups in total. The highest BCUT2D eigenvalue weighted by Gasteiger charge is 2.03. The second-order valence-electron chi connectivity index (χ2n) is 3.63. The summed E-state index contributed by atoms with van der Waals surface area (Å²) in [6, 6.07) is 10.3. The van der Waals surface area contributed by atoms with E-state index in [4.69, 9.17) is 10.4 Å². The Balaban J connectivity index is 2.75. The standard InChI is InChI=1S/C13H18N2O/c1-2-15(9-10-16)13-7-3-5-12(11-13)6-4-8-14/h3,5,7,11,16H,2,4,6,9-10H2,1H3. The van der Waals surface area contributed by atoms with E-state index >= 15 is 0 Å². The minimum absolute atomic E-state index is 0.163. The van der Waals surface area contributed by atoms with Crippen LogP contribution in [-0.2, 0) is 6.42 Å². The lowest BCUT2D eigenvalue weighted by molar-refractivity contribution is 0.302. The number of anilines is 1. The summed E-state index contributed by atoms with van der Waals surface area (Å²) in [5, 5.41) is 17.5. The number of nitrogens with zero attached hydrogens (tertiary/aromatic N) is 2. The van der Waals surface area contributed by atoms with Crippen LogP contribution in [0.5, 0.6) is 0 Å². The van der Waals surface area contributed by atoms with Crippen LogP contribution in [0.15, 0.2) is 24.3 Å². The number of hydrogen-bond donors (Lipinski definition) is 1. The molecule has 86 valence electrons. The van der Waals surface area contributed by atoms with Crippen LogP contribution < -0.4 is 4.90 Å². The molecule has 0 aliphatic carbocycles.